The molecule has 0 fully saturated rings. The minimum absolute atomic E-state index is 0.169. The second kappa shape index (κ2) is 5.26. The van der Waals surface area contributed by atoms with Gasteiger partial charge >= 0.3 is 0 Å². The summed E-state index contributed by atoms with van der Waals surface area (Å²) in [5.41, 5.74) is 1.47. The Labute approximate surface area is 124 Å². The summed E-state index contributed by atoms with van der Waals surface area (Å²) >= 11 is 7.74. The van der Waals surface area contributed by atoms with Crippen molar-refractivity contribution in [3.63, 3.8) is 0 Å². The first kappa shape index (κ1) is 13.1. The van der Waals surface area contributed by atoms with Gasteiger partial charge in [0.25, 0.3) is 5.56 Å². The second-order valence-electron chi connectivity index (χ2n) is 4.51. The van der Waals surface area contributed by atoms with Gasteiger partial charge in [-0.2, -0.15) is 5.10 Å². The van der Waals surface area contributed by atoms with Crippen LogP contribution in [-0.4, -0.2) is 17.2 Å². The Hall–Kier alpha value is -1.85. The number of halogens is 1. The Bertz CT molecular complexity index is 811. The van der Waals surface area contributed by atoms with Gasteiger partial charge in [-0.1, -0.05) is 29.8 Å². The zero-order valence-electron chi connectivity index (χ0n) is 10.8. The van der Waals surface area contributed by atoms with Crippen molar-refractivity contribution < 1.29 is 0 Å². The summed E-state index contributed by atoms with van der Waals surface area (Å²) in [6.45, 7) is 0.675. The molecule has 102 valence electrons. The van der Waals surface area contributed by atoms with Crippen LogP contribution in [0.2, 0.25) is 5.02 Å². The molecule has 4 nitrogen and oxygen atoms in total. The SMILES string of the molecule is CN(Cc1csc2ccccc12)c1cn[nH]c(=O)c1Cl. The van der Waals surface area contributed by atoms with Crippen LogP contribution < -0.4 is 10.5 Å². The molecule has 0 spiro atoms. The Kier molecular flexibility index (Phi) is 3.46. The minimum atomic E-state index is -0.369. The number of rotatable bonds is 3. The Morgan fingerprint density at radius 1 is 1.40 bits per heavy atom. The molecule has 0 radical (unpaired) electrons. The van der Waals surface area contributed by atoms with Gasteiger partial charge < -0.3 is 4.90 Å². The molecule has 1 aromatic carbocycles. The molecular weight excluding hydrogens is 294 g/mol. The highest BCUT2D eigenvalue weighted by atomic mass is 35.5. The fourth-order valence-electron chi connectivity index (χ4n) is 2.14. The molecule has 0 unspecified atom stereocenters. The molecule has 0 aliphatic heterocycles. The monoisotopic (exact) mass is 305 g/mol. The zero-order chi connectivity index (χ0) is 14.1. The third-order valence-electron chi connectivity index (χ3n) is 3.16. The van der Waals surface area contributed by atoms with Crippen molar-refractivity contribution in [1.82, 2.24) is 10.2 Å². The number of anilines is 1. The smallest absolute Gasteiger partial charge is 0.285 e. The molecule has 1 N–H and O–H groups in total. The van der Waals surface area contributed by atoms with Gasteiger partial charge in [0.2, 0.25) is 0 Å². The summed E-state index contributed by atoms with van der Waals surface area (Å²) in [5.74, 6) is 0. The van der Waals surface area contributed by atoms with Crippen LogP contribution in [0.4, 0.5) is 5.69 Å². The van der Waals surface area contributed by atoms with E-state index < -0.39 is 0 Å². The number of nitrogens with one attached hydrogen (secondary N) is 1. The standard InChI is InChI=1S/C14H12ClN3OS/c1-18(11-6-16-17-14(19)13(11)15)7-9-8-20-12-5-3-2-4-10(9)12/h2-6,8H,7H2,1H3,(H,17,19). The first-order valence-corrected chi connectivity index (χ1v) is 7.32. The van der Waals surface area contributed by atoms with Crippen LogP contribution in [-0.2, 0) is 6.54 Å². The topological polar surface area (TPSA) is 49.0 Å². The summed E-state index contributed by atoms with van der Waals surface area (Å²) in [6, 6.07) is 8.27. The van der Waals surface area contributed by atoms with Crippen molar-refractivity contribution in [3.05, 3.63) is 56.8 Å². The maximum Gasteiger partial charge on any atom is 0.285 e. The molecule has 0 amide bonds. The Morgan fingerprint density at radius 3 is 3.05 bits per heavy atom. The van der Waals surface area contributed by atoms with E-state index >= 15 is 0 Å². The van der Waals surface area contributed by atoms with Crippen LogP contribution in [0.15, 0.2) is 40.6 Å². The number of aromatic nitrogens is 2. The van der Waals surface area contributed by atoms with Gasteiger partial charge in [-0.05, 0) is 22.4 Å². The Balaban J connectivity index is 1.94. The van der Waals surface area contributed by atoms with Gasteiger partial charge in [-0.15, -0.1) is 11.3 Å². The molecular formula is C14H12ClN3OS. The molecule has 2 heterocycles. The Morgan fingerprint density at radius 2 is 2.20 bits per heavy atom. The predicted molar refractivity (Wildman–Crippen MR) is 83.8 cm³/mol. The van der Waals surface area contributed by atoms with Crippen molar-refractivity contribution in [2.75, 3.05) is 11.9 Å². The third-order valence-corrected chi connectivity index (χ3v) is 4.53. The van der Waals surface area contributed by atoms with Crippen molar-refractivity contribution >= 4 is 38.7 Å². The summed E-state index contributed by atoms with van der Waals surface area (Å²) in [7, 11) is 1.90. The molecule has 20 heavy (non-hydrogen) atoms. The average molecular weight is 306 g/mol. The van der Waals surface area contributed by atoms with Crippen LogP contribution in [0.1, 0.15) is 5.56 Å². The van der Waals surface area contributed by atoms with E-state index in [-0.39, 0.29) is 10.6 Å². The van der Waals surface area contributed by atoms with E-state index in [0.29, 0.717) is 12.2 Å². The van der Waals surface area contributed by atoms with Gasteiger partial charge in [0.05, 0.1) is 11.9 Å². The van der Waals surface area contributed by atoms with Crippen molar-refractivity contribution in [2.45, 2.75) is 6.54 Å². The maximum atomic E-state index is 11.5. The number of benzene rings is 1. The molecule has 6 heteroatoms. The molecule has 0 saturated carbocycles. The molecule has 3 aromatic rings. The highest BCUT2D eigenvalue weighted by Gasteiger charge is 2.12. The van der Waals surface area contributed by atoms with E-state index in [0.717, 1.165) is 0 Å². The van der Waals surface area contributed by atoms with Gasteiger partial charge in [-0.3, -0.25) is 4.79 Å². The lowest BCUT2D eigenvalue weighted by Gasteiger charge is -2.19. The van der Waals surface area contributed by atoms with E-state index in [2.05, 4.69) is 27.7 Å². The number of H-pyrrole nitrogens is 1. The lowest BCUT2D eigenvalue weighted by atomic mass is 10.1. The third kappa shape index (κ3) is 2.30. The van der Waals surface area contributed by atoms with Gasteiger partial charge in [0, 0.05) is 18.3 Å². The molecule has 0 atom stereocenters. The van der Waals surface area contributed by atoms with E-state index in [1.165, 1.54) is 15.6 Å². The first-order chi connectivity index (χ1) is 9.66. The molecule has 0 saturated heterocycles. The van der Waals surface area contributed by atoms with Crippen LogP contribution in [0.5, 0.6) is 0 Å². The normalized spacial score (nSPS) is 10.9. The highest BCUT2D eigenvalue weighted by molar-refractivity contribution is 7.17. The van der Waals surface area contributed by atoms with Crippen molar-refractivity contribution in [1.29, 1.82) is 0 Å². The fourth-order valence-corrected chi connectivity index (χ4v) is 3.33. The second-order valence-corrected chi connectivity index (χ2v) is 5.80. The zero-order valence-corrected chi connectivity index (χ0v) is 12.3. The quantitative estimate of drug-likeness (QED) is 0.808. The highest BCUT2D eigenvalue weighted by Crippen LogP contribution is 2.28. The number of nitrogens with zero attached hydrogens (tertiary/aromatic N) is 2. The molecule has 0 aliphatic carbocycles. The van der Waals surface area contributed by atoms with Gasteiger partial charge in [0.15, 0.2) is 0 Å². The summed E-state index contributed by atoms with van der Waals surface area (Å²) in [4.78, 5) is 13.4. The maximum absolute atomic E-state index is 11.5. The average Bonchev–Trinajstić information content (AvgIpc) is 2.85. The number of thiophene rings is 1. The summed E-state index contributed by atoms with van der Waals surface area (Å²) in [6.07, 6.45) is 1.57. The van der Waals surface area contributed by atoms with Crippen LogP contribution in [0, 0.1) is 0 Å². The number of aromatic amines is 1. The van der Waals surface area contributed by atoms with Crippen LogP contribution >= 0.6 is 22.9 Å². The molecule has 0 aliphatic rings. The molecule has 0 bridgehead atoms. The number of hydrogen-bond acceptors (Lipinski definition) is 4. The van der Waals surface area contributed by atoms with Crippen LogP contribution in [0.25, 0.3) is 10.1 Å². The van der Waals surface area contributed by atoms with E-state index in [9.17, 15) is 4.79 Å². The minimum Gasteiger partial charge on any atom is -0.368 e. The predicted octanol–water partition coefficient (Wildman–Crippen LogP) is 3.27. The lowest BCUT2D eigenvalue weighted by molar-refractivity contribution is 0.901. The molecule has 3 rings (SSSR count). The van der Waals surface area contributed by atoms with E-state index in [4.69, 9.17) is 11.6 Å². The van der Waals surface area contributed by atoms with E-state index in [1.54, 1.807) is 17.5 Å². The van der Waals surface area contributed by atoms with Crippen molar-refractivity contribution in [2.24, 2.45) is 0 Å². The fraction of sp³-hybridized carbons (Fsp3) is 0.143. The number of hydrogen-bond donors (Lipinski definition) is 1. The summed E-state index contributed by atoms with van der Waals surface area (Å²) < 4.78 is 1.26. The van der Waals surface area contributed by atoms with Crippen LogP contribution in [0.3, 0.4) is 0 Å². The number of fused-ring (bicyclic) bond motifs is 1. The van der Waals surface area contributed by atoms with Gasteiger partial charge in [-0.25, -0.2) is 5.10 Å². The molecule has 2 aromatic heterocycles. The van der Waals surface area contributed by atoms with E-state index in [1.807, 2.05) is 24.1 Å². The first-order valence-electron chi connectivity index (χ1n) is 6.06. The van der Waals surface area contributed by atoms with Gasteiger partial charge in [0.1, 0.15) is 5.02 Å². The van der Waals surface area contributed by atoms with Crippen molar-refractivity contribution in [3.8, 4) is 0 Å². The lowest BCUT2D eigenvalue weighted by Crippen LogP contribution is -2.20. The summed E-state index contributed by atoms with van der Waals surface area (Å²) in [5, 5.41) is 9.66. The largest absolute Gasteiger partial charge is 0.368 e.